The lowest BCUT2D eigenvalue weighted by molar-refractivity contribution is 0.0310. The number of piperidine rings is 2. The Morgan fingerprint density at radius 3 is 2.76 bits per heavy atom. The summed E-state index contributed by atoms with van der Waals surface area (Å²) in [6.07, 6.45) is 6.96. The molecule has 98 valence electrons. The summed E-state index contributed by atoms with van der Waals surface area (Å²) < 4.78 is 0. The highest BCUT2D eigenvalue weighted by atomic mass is 15.2. The average molecular weight is 237 g/mol. The van der Waals surface area contributed by atoms with E-state index in [9.17, 15) is 0 Å². The zero-order valence-electron chi connectivity index (χ0n) is 11.2. The molecule has 3 rings (SSSR count). The van der Waals surface area contributed by atoms with Crippen LogP contribution in [0.1, 0.15) is 32.1 Å². The molecule has 3 heteroatoms. The Morgan fingerprint density at radius 1 is 1.24 bits per heavy atom. The van der Waals surface area contributed by atoms with Crippen LogP contribution in [0.25, 0.3) is 0 Å². The quantitative estimate of drug-likeness (QED) is 0.799. The van der Waals surface area contributed by atoms with Crippen molar-refractivity contribution in [2.45, 2.75) is 38.1 Å². The fraction of sp³-hybridized carbons (Fsp3) is 1.00. The number of likely N-dealkylation sites (tertiary alicyclic amines) is 2. The molecule has 0 bridgehead atoms. The molecule has 0 spiro atoms. The first-order valence-corrected chi connectivity index (χ1v) is 7.35. The van der Waals surface area contributed by atoms with Gasteiger partial charge in [0.1, 0.15) is 0 Å². The van der Waals surface area contributed by atoms with E-state index < -0.39 is 0 Å². The summed E-state index contributed by atoms with van der Waals surface area (Å²) in [5.74, 6) is 0.927. The predicted molar refractivity (Wildman–Crippen MR) is 70.9 cm³/mol. The molecule has 17 heavy (non-hydrogen) atoms. The summed E-state index contributed by atoms with van der Waals surface area (Å²) in [5, 5.41) is 0. The molecule has 2 atom stereocenters. The van der Waals surface area contributed by atoms with Crippen LogP contribution in [0.2, 0.25) is 0 Å². The van der Waals surface area contributed by atoms with Crippen molar-refractivity contribution in [3.63, 3.8) is 0 Å². The van der Waals surface area contributed by atoms with Gasteiger partial charge in [0.2, 0.25) is 0 Å². The zero-order chi connectivity index (χ0) is 11.9. The number of hydrogen-bond donors (Lipinski definition) is 1. The number of hydrogen-bond acceptors (Lipinski definition) is 3. The van der Waals surface area contributed by atoms with Gasteiger partial charge in [-0.2, -0.15) is 0 Å². The van der Waals surface area contributed by atoms with Gasteiger partial charge in [-0.25, -0.2) is 0 Å². The van der Waals surface area contributed by atoms with Crippen LogP contribution in [0.4, 0.5) is 0 Å². The van der Waals surface area contributed by atoms with Gasteiger partial charge < -0.3 is 15.5 Å². The van der Waals surface area contributed by atoms with Crippen molar-refractivity contribution in [1.29, 1.82) is 0 Å². The van der Waals surface area contributed by atoms with Gasteiger partial charge in [0, 0.05) is 19.1 Å². The third-order valence-corrected chi connectivity index (χ3v) is 5.38. The molecule has 2 saturated heterocycles. The van der Waals surface area contributed by atoms with Crippen molar-refractivity contribution in [2.24, 2.45) is 17.1 Å². The highest BCUT2D eigenvalue weighted by Gasteiger charge is 2.44. The lowest BCUT2D eigenvalue weighted by Crippen LogP contribution is -2.53. The number of rotatable bonds is 3. The molecule has 3 nitrogen and oxygen atoms in total. The molecule has 0 amide bonds. The first-order chi connectivity index (χ1) is 8.22. The Bertz CT molecular complexity index is 275. The summed E-state index contributed by atoms with van der Waals surface area (Å²) in [4.78, 5) is 5.31. The maximum atomic E-state index is 5.90. The van der Waals surface area contributed by atoms with Crippen LogP contribution >= 0.6 is 0 Å². The van der Waals surface area contributed by atoms with Gasteiger partial charge in [0.25, 0.3) is 0 Å². The smallest absolute Gasteiger partial charge is 0.0145 e. The van der Waals surface area contributed by atoms with E-state index in [4.69, 9.17) is 5.73 Å². The molecule has 0 aromatic rings. The minimum absolute atomic E-state index is 0.521. The topological polar surface area (TPSA) is 32.5 Å². The molecule has 2 unspecified atom stereocenters. The van der Waals surface area contributed by atoms with Gasteiger partial charge in [0.15, 0.2) is 0 Å². The molecule has 3 fully saturated rings. The molecular formula is C14H27N3. The van der Waals surface area contributed by atoms with Gasteiger partial charge >= 0.3 is 0 Å². The van der Waals surface area contributed by atoms with Gasteiger partial charge in [0.05, 0.1) is 0 Å². The van der Waals surface area contributed by atoms with Crippen LogP contribution < -0.4 is 5.73 Å². The minimum atomic E-state index is 0.521. The van der Waals surface area contributed by atoms with E-state index >= 15 is 0 Å². The van der Waals surface area contributed by atoms with Crippen molar-refractivity contribution in [2.75, 3.05) is 39.8 Å². The van der Waals surface area contributed by atoms with Crippen molar-refractivity contribution in [3.8, 4) is 0 Å². The molecule has 2 heterocycles. The molecule has 0 aromatic heterocycles. The van der Waals surface area contributed by atoms with E-state index in [1.54, 1.807) is 0 Å². The zero-order valence-corrected chi connectivity index (χ0v) is 11.2. The Kier molecular flexibility index (Phi) is 3.18. The van der Waals surface area contributed by atoms with Gasteiger partial charge in [-0.05, 0) is 70.1 Å². The van der Waals surface area contributed by atoms with Gasteiger partial charge in [-0.3, -0.25) is 0 Å². The SMILES string of the molecule is CN1CCCC2CN(CC3(CN)CC3)CCC21. The fourth-order valence-electron chi connectivity index (χ4n) is 3.95. The molecule has 0 aromatic carbocycles. The normalized spacial score (nSPS) is 37.8. The standard InChI is InChI=1S/C14H27N3/c1-16-7-2-3-12-9-17(8-4-13(12)16)11-14(10-15)5-6-14/h12-13H,2-11,15H2,1H3. The Hall–Kier alpha value is -0.120. The van der Waals surface area contributed by atoms with Crippen LogP contribution in [-0.4, -0.2) is 55.6 Å². The van der Waals surface area contributed by atoms with Crippen molar-refractivity contribution in [3.05, 3.63) is 0 Å². The Labute approximate surface area is 105 Å². The predicted octanol–water partition coefficient (Wildman–Crippen LogP) is 1.14. The number of fused-ring (bicyclic) bond motifs is 1. The fourth-order valence-corrected chi connectivity index (χ4v) is 3.95. The van der Waals surface area contributed by atoms with E-state index in [0.29, 0.717) is 5.41 Å². The summed E-state index contributed by atoms with van der Waals surface area (Å²) in [7, 11) is 2.31. The Morgan fingerprint density at radius 2 is 2.06 bits per heavy atom. The van der Waals surface area contributed by atoms with E-state index in [-0.39, 0.29) is 0 Å². The molecule has 3 aliphatic rings. The first kappa shape index (κ1) is 11.9. The van der Waals surface area contributed by atoms with E-state index in [2.05, 4.69) is 16.8 Å². The molecule has 1 saturated carbocycles. The second kappa shape index (κ2) is 4.52. The van der Waals surface area contributed by atoms with Crippen molar-refractivity contribution < 1.29 is 0 Å². The number of nitrogens with zero attached hydrogens (tertiary/aromatic N) is 2. The van der Waals surface area contributed by atoms with Gasteiger partial charge in [-0.15, -0.1) is 0 Å². The molecule has 1 aliphatic carbocycles. The first-order valence-electron chi connectivity index (χ1n) is 7.35. The molecule has 0 radical (unpaired) electrons. The third kappa shape index (κ3) is 2.38. The molecule has 2 N–H and O–H groups in total. The van der Waals surface area contributed by atoms with E-state index in [1.165, 1.54) is 58.3 Å². The largest absolute Gasteiger partial charge is 0.330 e. The summed E-state index contributed by atoms with van der Waals surface area (Å²) in [6, 6.07) is 0.869. The second-order valence-corrected chi connectivity index (χ2v) is 6.68. The van der Waals surface area contributed by atoms with Crippen LogP contribution in [0.3, 0.4) is 0 Å². The summed E-state index contributed by atoms with van der Waals surface area (Å²) in [5.41, 5.74) is 6.43. The van der Waals surface area contributed by atoms with Crippen molar-refractivity contribution in [1.82, 2.24) is 9.80 Å². The number of nitrogens with two attached hydrogens (primary N) is 1. The lowest BCUT2D eigenvalue weighted by Gasteiger charge is -2.46. The van der Waals surface area contributed by atoms with Crippen LogP contribution in [-0.2, 0) is 0 Å². The van der Waals surface area contributed by atoms with Crippen LogP contribution in [0.15, 0.2) is 0 Å². The maximum Gasteiger partial charge on any atom is 0.0145 e. The highest BCUT2D eigenvalue weighted by molar-refractivity contribution is 4.98. The van der Waals surface area contributed by atoms with Crippen molar-refractivity contribution >= 4 is 0 Å². The Balaban J connectivity index is 1.56. The minimum Gasteiger partial charge on any atom is -0.330 e. The van der Waals surface area contributed by atoms with E-state index in [1.807, 2.05) is 0 Å². The second-order valence-electron chi connectivity index (χ2n) is 6.68. The summed E-state index contributed by atoms with van der Waals surface area (Å²) in [6.45, 7) is 6.12. The molecular weight excluding hydrogens is 210 g/mol. The third-order valence-electron chi connectivity index (χ3n) is 5.38. The summed E-state index contributed by atoms with van der Waals surface area (Å²) >= 11 is 0. The highest BCUT2D eigenvalue weighted by Crippen LogP contribution is 2.45. The van der Waals surface area contributed by atoms with E-state index in [0.717, 1.165) is 18.5 Å². The monoisotopic (exact) mass is 237 g/mol. The van der Waals surface area contributed by atoms with Gasteiger partial charge in [-0.1, -0.05) is 0 Å². The van der Waals surface area contributed by atoms with Crippen LogP contribution in [0, 0.1) is 11.3 Å². The lowest BCUT2D eigenvalue weighted by atomic mass is 9.84. The maximum absolute atomic E-state index is 5.90. The molecule has 2 aliphatic heterocycles. The average Bonchev–Trinajstić information content (AvgIpc) is 3.10. The van der Waals surface area contributed by atoms with Crippen LogP contribution in [0.5, 0.6) is 0 Å².